The zero-order valence-corrected chi connectivity index (χ0v) is 9.89. The van der Waals surface area contributed by atoms with Crippen LogP contribution in [0.1, 0.15) is 19.4 Å². The number of rotatable bonds is 4. The fraction of sp³-hybridized carbons (Fsp3) is 0.455. The van der Waals surface area contributed by atoms with Gasteiger partial charge in [0.15, 0.2) is 0 Å². The minimum atomic E-state index is -2.69. The zero-order chi connectivity index (χ0) is 12.3. The fourth-order valence-electron chi connectivity index (χ4n) is 1.32. The highest BCUT2D eigenvalue weighted by Crippen LogP contribution is 2.34. The van der Waals surface area contributed by atoms with Crippen molar-refractivity contribution in [2.75, 3.05) is 6.61 Å². The van der Waals surface area contributed by atoms with Crippen molar-refractivity contribution >= 4 is 11.6 Å². The lowest BCUT2D eigenvalue weighted by Gasteiger charge is -2.26. The second-order valence-corrected chi connectivity index (χ2v) is 4.09. The second kappa shape index (κ2) is 4.97. The molecule has 0 saturated carbocycles. The van der Waals surface area contributed by atoms with E-state index in [0.717, 1.165) is 0 Å². The third kappa shape index (κ3) is 2.62. The van der Waals surface area contributed by atoms with Crippen LogP contribution in [-0.4, -0.2) is 13.0 Å². The van der Waals surface area contributed by atoms with Gasteiger partial charge in [-0.2, -0.15) is 0 Å². The van der Waals surface area contributed by atoms with Crippen molar-refractivity contribution in [3.63, 3.8) is 0 Å². The van der Waals surface area contributed by atoms with Crippen molar-refractivity contribution in [2.24, 2.45) is 5.73 Å². The number of ether oxygens (including phenoxy) is 1. The molecule has 0 bridgehead atoms. The molecule has 1 aromatic rings. The summed E-state index contributed by atoms with van der Waals surface area (Å²) < 4.78 is 30.9. The Kier molecular flexibility index (Phi) is 4.10. The first kappa shape index (κ1) is 13.2. The summed E-state index contributed by atoms with van der Waals surface area (Å²) in [4.78, 5) is 0. The summed E-state index contributed by atoms with van der Waals surface area (Å²) in [5.41, 5.74) is 4.04. The normalized spacial score (nSPS) is 14.9. The third-order valence-corrected chi connectivity index (χ3v) is 2.51. The first-order valence-corrected chi connectivity index (χ1v) is 5.27. The maximum Gasteiger partial charge on any atom is 0.260 e. The van der Waals surface area contributed by atoms with Gasteiger partial charge in [-0.25, -0.2) is 8.78 Å². The van der Waals surface area contributed by atoms with E-state index in [1.165, 1.54) is 13.0 Å². The lowest BCUT2D eigenvalue weighted by Crippen LogP contribution is -2.41. The Morgan fingerprint density at radius 2 is 2.12 bits per heavy atom. The van der Waals surface area contributed by atoms with E-state index in [-0.39, 0.29) is 5.56 Å². The van der Waals surface area contributed by atoms with Gasteiger partial charge in [0.05, 0.1) is 6.61 Å². The van der Waals surface area contributed by atoms with E-state index in [9.17, 15) is 8.78 Å². The van der Waals surface area contributed by atoms with Crippen LogP contribution >= 0.6 is 11.6 Å². The highest BCUT2D eigenvalue weighted by molar-refractivity contribution is 6.30. The van der Waals surface area contributed by atoms with Gasteiger partial charge < -0.3 is 10.5 Å². The van der Waals surface area contributed by atoms with Crippen LogP contribution in [0.3, 0.4) is 0 Å². The zero-order valence-electron chi connectivity index (χ0n) is 9.14. The average Bonchev–Trinajstić information content (AvgIpc) is 2.20. The molecule has 0 spiro atoms. The van der Waals surface area contributed by atoms with Gasteiger partial charge >= 0.3 is 0 Å². The number of hydrogen-bond acceptors (Lipinski definition) is 2. The first-order valence-electron chi connectivity index (χ1n) is 4.89. The molecular formula is C11H14ClF2NO. The quantitative estimate of drug-likeness (QED) is 0.890. The SMILES string of the molecule is CCOc1ccc(Cl)cc1C(C)(N)C(F)F. The van der Waals surface area contributed by atoms with Gasteiger partial charge in [-0.05, 0) is 32.0 Å². The molecule has 90 valence electrons. The highest BCUT2D eigenvalue weighted by Gasteiger charge is 2.35. The molecule has 1 unspecified atom stereocenters. The van der Waals surface area contributed by atoms with Crippen LogP contribution in [0.5, 0.6) is 5.75 Å². The van der Waals surface area contributed by atoms with E-state index in [0.29, 0.717) is 17.4 Å². The van der Waals surface area contributed by atoms with E-state index in [2.05, 4.69) is 0 Å². The van der Waals surface area contributed by atoms with Gasteiger partial charge in [-0.3, -0.25) is 0 Å². The molecule has 0 aliphatic carbocycles. The van der Waals surface area contributed by atoms with E-state index >= 15 is 0 Å². The lowest BCUT2D eigenvalue weighted by atomic mass is 9.93. The second-order valence-electron chi connectivity index (χ2n) is 3.66. The van der Waals surface area contributed by atoms with Crippen molar-refractivity contribution in [1.82, 2.24) is 0 Å². The minimum Gasteiger partial charge on any atom is -0.494 e. The van der Waals surface area contributed by atoms with Crippen molar-refractivity contribution in [1.29, 1.82) is 0 Å². The molecule has 0 amide bonds. The van der Waals surface area contributed by atoms with Crippen molar-refractivity contribution in [3.05, 3.63) is 28.8 Å². The Morgan fingerprint density at radius 1 is 1.50 bits per heavy atom. The number of halogens is 3. The number of alkyl halides is 2. The molecule has 0 saturated heterocycles. The average molecular weight is 250 g/mol. The molecule has 5 heteroatoms. The van der Waals surface area contributed by atoms with Crippen LogP contribution in [0, 0.1) is 0 Å². The molecule has 1 rings (SSSR count). The highest BCUT2D eigenvalue weighted by atomic mass is 35.5. The van der Waals surface area contributed by atoms with E-state index in [4.69, 9.17) is 22.1 Å². The molecule has 1 atom stereocenters. The summed E-state index contributed by atoms with van der Waals surface area (Å²) in [7, 11) is 0. The summed E-state index contributed by atoms with van der Waals surface area (Å²) in [6.45, 7) is 3.41. The molecule has 0 fully saturated rings. The topological polar surface area (TPSA) is 35.2 Å². The summed E-state index contributed by atoms with van der Waals surface area (Å²) in [5.74, 6) is 0.345. The van der Waals surface area contributed by atoms with Crippen molar-refractivity contribution < 1.29 is 13.5 Å². The summed E-state index contributed by atoms with van der Waals surface area (Å²) in [6, 6.07) is 4.55. The van der Waals surface area contributed by atoms with Gasteiger partial charge in [0.2, 0.25) is 0 Å². The number of benzene rings is 1. The molecule has 2 nitrogen and oxygen atoms in total. The van der Waals surface area contributed by atoms with Crippen LogP contribution in [-0.2, 0) is 5.54 Å². The maximum absolute atomic E-state index is 12.8. The van der Waals surface area contributed by atoms with Gasteiger partial charge in [0, 0.05) is 10.6 Å². The molecule has 0 aromatic heterocycles. The molecular weight excluding hydrogens is 236 g/mol. The Balaban J connectivity index is 3.23. The van der Waals surface area contributed by atoms with Crippen LogP contribution in [0.2, 0.25) is 5.02 Å². The molecule has 16 heavy (non-hydrogen) atoms. The van der Waals surface area contributed by atoms with E-state index in [1.807, 2.05) is 0 Å². The number of nitrogens with two attached hydrogens (primary N) is 1. The van der Waals surface area contributed by atoms with Gasteiger partial charge in [-0.15, -0.1) is 0 Å². The van der Waals surface area contributed by atoms with Crippen LogP contribution in [0.15, 0.2) is 18.2 Å². The van der Waals surface area contributed by atoms with Gasteiger partial charge in [-0.1, -0.05) is 11.6 Å². The standard InChI is InChI=1S/C11H14ClF2NO/c1-3-16-9-5-4-7(12)6-8(9)11(2,15)10(13)14/h4-6,10H,3,15H2,1-2H3. The van der Waals surface area contributed by atoms with E-state index in [1.54, 1.807) is 19.1 Å². The predicted molar refractivity (Wildman–Crippen MR) is 60.2 cm³/mol. The van der Waals surface area contributed by atoms with Gasteiger partial charge in [0.1, 0.15) is 11.3 Å². The van der Waals surface area contributed by atoms with Gasteiger partial charge in [0.25, 0.3) is 6.43 Å². The van der Waals surface area contributed by atoms with E-state index < -0.39 is 12.0 Å². The Hall–Kier alpha value is -0.870. The van der Waals surface area contributed by atoms with Crippen LogP contribution < -0.4 is 10.5 Å². The molecule has 0 aliphatic heterocycles. The Bertz CT molecular complexity index is 369. The third-order valence-electron chi connectivity index (χ3n) is 2.28. The molecule has 0 aliphatic rings. The minimum absolute atomic E-state index is 0.219. The number of hydrogen-bond donors (Lipinski definition) is 1. The molecule has 2 N–H and O–H groups in total. The van der Waals surface area contributed by atoms with Crippen molar-refractivity contribution in [3.8, 4) is 5.75 Å². The van der Waals surface area contributed by atoms with Crippen molar-refractivity contribution in [2.45, 2.75) is 25.8 Å². The largest absolute Gasteiger partial charge is 0.494 e. The first-order chi connectivity index (χ1) is 7.39. The maximum atomic E-state index is 12.8. The molecule has 1 aromatic carbocycles. The monoisotopic (exact) mass is 249 g/mol. The Morgan fingerprint density at radius 3 is 2.62 bits per heavy atom. The summed E-state index contributed by atoms with van der Waals surface area (Å²) in [5, 5.41) is 0.357. The molecule has 0 radical (unpaired) electrons. The smallest absolute Gasteiger partial charge is 0.260 e. The lowest BCUT2D eigenvalue weighted by molar-refractivity contribution is 0.0607. The van der Waals surface area contributed by atoms with Crippen LogP contribution in [0.25, 0.3) is 0 Å². The predicted octanol–water partition coefficient (Wildman–Crippen LogP) is 3.18. The Labute approximate surface area is 98.3 Å². The summed E-state index contributed by atoms with van der Waals surface area (Å²) in [6.07, 6.45) is -2.69. The summed E-state index contributed by atoms with van der Waals surface area (Å²) >= 11 is 5.77. The fourth-order valence-corrected chi connectivity index (χ4v) is 1.49. The van der Waals surface area contributed by atoms with Crippen LogP contribution in [0.4, 0.5) is 8.78 Å². The molecule has 0 heterocycles.